The van der Waals surface area contributed by atoms with Crippen molar-refractivity contribution < 1.29 is 17.4 Å². The number of rotatable bonds is 1. The summed E-state index contributed by atoms with van der Waals surface area (Å²) in [5.74, 6) is -3.89. The normalized spacial score (nSPS) is 31.1. The second-order valence-electron chi connectivity index (χ2n) is 5.83. The molecule has 1 saturated heterocycles. The Labute approximate surface area is 127 Å². The third-order valence-corrected chi connectivity index (χ3v) is 6.78. The Bertz CT molecular complexity index is 696. The summed E-state index contributed by atoms with van der Waals surface area (Å²) >= 11 is 0. The Morgan fingerprint density at radius 3 is 2.77 bits per heavy atom. The minimum Gasteiger partial charge on any atom is -0.369 e. The average Bonchev–Trinajstić information content (AvgIpc) is 2.41. The number of nitrogens with zero attached hydrogens (tertiary/aromatic N) is 2. The van der Waals surface area contributed by atoms with Crippen molar-refractivity contribution in [2.75, 3.05) is 18.8 Å². The summed E-state index contributed by atoms with van der Waals surface area (Å²) in [6.45, 7) is 0.158. The lowest BCUT2D eigenvalue weighted by Crippen LogP contribution is -2.68. The van der Waals surface area contributed by atoms with Crippen LogP contribution in [0.1, 0.15) is 12.5 Å². The minimum atomic E-state index is -3.38. The number of hydrogen-bond donors (Lipinski definition) is 3. The summed E-state index contributed by atoms with van der Waals surface area (Å²) in [4.78, 5) is 4.18. The number of nitrogens with one attached hydrogen (secondary N) is 1. The third kappa shape index (κ3) is 2.38. The smallest absolute Gasteiger partial charge is 0.279 e. The first-order chi connectivity index (χ1) is 10.2. The van der Waals surface area contributed by atoms with Crippen molar-refractivity contribution in [3.8, 4) is 0 Å². The van der Waals surface area contributed by atoms with Gasteiger partial charge in [0.15, 0.2) is 0 Å². The quantitative estimate of drug-likeness (QED) is 0.664. The van der Waals surface area contributed by atoms with E-state index in [2.05, 4.69) is 9.71 Å². The molecule has 1 fully saturated rings. The average molecular weight is 334 g/mol. The molecular formula is C13H17F3N4OS. The lowest BCUT2D eigenvalue weighted by atomic mass is 9.94. The molecule has 1 aromatic carbocycles. The zero-order valence-electron chi connectivity index (χ0n) is 11.9. The molecule has 0 aromatic heterocycles. The SMILES string of the molecule is C[C@@]1(c2ccccc2F)C[SH]2(=O)NCC(F)(F)CN2C(N)=N1. The molecule has 0 aliphatic carbocycles. The van der Waals surface area contributed by atoms with Gasteiger partial charge >= 0.3 is 0 Å². The lowest BCUT2D eigenvalue weighted by Gasteiger charge is -2.50. The van der Waals surface area contributed by atoms with Gasteiger partial charge in [0, 0.05) is 15.9 Å². The van der Waals surface area contributed by atoms with Crippen LogP contribution in [-0.2, 0) is 15.8 Å². The zero-order chi connectivity index (χ0) is 16.2. The van der Waals surface area contributed by atoms with Crippen LogP contribution in [0.25, 0.3) is 0 Å². The second kappa shape index (κ2) is 4.69. The van der Waals surface area contributed by atoms with Crippen LogP contribution in [0.4, 0.5) is 13.2 Å². The van der Waals surface area contributed by atoms with Crippen molar-refractivity contribution in [3.05, 3.63) is 35.6 Å². The Balaban J connectivity index is 2.07. The van der Waals surface area contributed by atoms with Gasteiger partial charge in [-0.2, -0.15) is 0 Å². The number of hydrogen-bond acceptors (Lipinski definition) is 3. The third-order valence-electron chi connectivity index (χ3n) is 3.96. The van der Waals surface area contributed by atoms with E-state index in [4.69, 9.17) is 5.73 Å². The van der Waals surface area contributed by atoms with Gasteiger partial charge in [0.05, 0.1) is 18.8 Å². The fraction of sp³-hybridized carbons (Fsp3) is 0.462. The standard InChI is InChI=1S/C13H17F3N4OS/c1-12(9-4-2-3-5-10(9)14)8-22(21)18-6-13(15,16)7-20(22)11(17)19-12/h2-5,22H,6-8H2,1H3,(H2,17,19)(H,18,21)/t12-/m0/s1. The summed E-state index contributed by atoms with van der Waals surface area (Å²) in [6, 6.07) is 5.98. The summed E-state index contributed by atoms with van der Waals surface area (Å²) in [5.41, 5.74) is 4.84. The summed E-state index contributed by atoms with van der Waals surface area (Å²) < 4.78 is 57.4. The van der Waals surface area contributed by atoms with E-state index in [-0.39, 0.29) is 17.3 Å². The van der Waals surface area contributed by atoms with E-state index in [1.807, 2.05) is 0 Å². The molecule has 122 valence electrons. The van der Waals surface area contributed by atoms with Gasteiger partial charge in [-0.25, -0.2) is 22.9 Å². The van der Waals surface area contributed by atoms with Crippen LogP contribution in [0, 0.1) is 5.82 Å². The predicted octanol–water partition coefficient (Wildman–Crippen LogP) is 0.756. The molecule has 2 heterocycles. The van der Waals surface area contributed by atoms with E-state index in [0.717, 1.165) is 4.31 Å². The first-order valence-electron chi connectivity index (χ1n) is 6.76. The van der Waals surface area contributed by atoms with E-state index in [1.54, 1.807) is 13.0 Å². The number of aliphatic imine (C=N–C) groups is 1. The van der Waals surface area contributed by atoms with Crippen LogP contribution in [0.15, 0.2) is 29.3 Å². The van der Waals surface area contributed by atoms with Crippen molar-refractivity contribution >= 4 is 16.3 Å². The van der Waals surface area contributed by atoms with Gasteiger partial charge < -0.3 is 5.73 Å². The topological polar surface area (TPSA) is 70.7 Å². The molecule has 5 nitrogen and oxygen atoms in total. The van der Waals surface area contributed by atoms with Gasteiger partial charge in [0.1, 0.15) is 11.4 Å². The fourth-order valence-corrected chi connectivity index (χ4v) is 5.73. The van der Waals surface area contributed by atoms with Gasteiger partial charge in [0.2, 0.25) is 5.96 Å². The van der Waals surface area contributed by atoms with E-state index in [1.165, 1.54) is 18.2 Å². The van der Waals surface area contributed by atoms with Crippen LogP contribution in [-0.4, -0.2) is 39.2 Å². The highest BCUT2D eigenvalue weighted by molar-refractivity contribution is 7.99. The van der Waals surface area contributed by atoms with E-state index in [9.17, 15) is 17.4 Å². The molecule has 0 unspecified atom stereocenters. The highest BCUT2D eigenvalue weighted by Gasteiger charge is 2.50. The minimum absolute atomic E-state index is 0.0995. The monoisotopic (exact) mass is 334 g/mol. The van der Waals surface area contributed by atoms with Crippen molar-refractivity contribution in [1.29, 1.82) is 0 Å². The summed E-state index contributed by atoms with van der Waals surface area (Å²) in [7, 11) is -3.38. The highest BCUT2D eigenvalue weighted by atomic mass is 32.3. The maximum Gasteiger partial charge on any atom is 0.279 e. The fourth-order valence-electron chi connectivity index (χ4n) is 2.91. The maximum absolute atomic E-state index is 14.1. The molecule has 0 spiro atoms. The van der Waals surface area contributed by atoms with Gasteiger partial charge in [0.25, 0.3) is 5.92 Å². The Hall–Kier alpha value is -1.61. The Morgan fingerprint density at radius 1 is 1.41 bits per heavy atom. The highest BCUT2D eigenvalue weighted by Crippen LogP contribution is 2.37. The molecule has 0 radical (unpaired) electrons. The van der Waals surface area contributed by atoms with Gasteiger partial charge in [-0.3, -0.25) is 8.51 Å². The van der Waals surface area contributed by atoms with Crippen molar-refractivity contribution in [2.24, 2.45) is 10.7 Å². The van der Waals surface area contributed by atoms with Gasteiger partial charge in [-0.1, -0.05) is 18.2 Å². The molecule has 9 heteroatoms. The van der Waals surface area contributed by atoms with Crippen LogP contribution >= 0.6 is 0 Å². The van der Waals surface area contributed by atoms with Gasteiger partial charge in [-0.15, -0.1) is 0 Å². The molecule has 0 saturated carbocycles. The van der Waals surface area contributed by atoms with Crippen LogP contribution in [0.2, 0.25) is 0 Å². The lowest BCUT2D eigenvalue weighted by molar-refractivity contribution is -0.00817. The number of guanidine groups is 1. The first kappa shape index (κ1) is 15.3. The van der Waals surface area contributed by atoms with E-state index >= 15 is 0 Å². The zero-order valence-corrected chi connectivity index (χ0v) is 12.8. The molecule has 0 bridgehead atoms. The van der Waals surface area contributed by atoms with Crippen molar-refractivity contribution in [1.82, 2.24) is 9.03 Å². The number of fused-ring (bicyclic) bond motifs is 1. The molecule has 2 aliphatic rings. The van der Waals surface area contributed by atoms with Crippen molar-refractivity contribution in [3.63, 3.8) is 0 Å². The number of thiol groups is 1. The molecule has 1 atom stereocenters. The number of benzene rings is 1. The summed E-state index contributed by atoms with van der Waals surface area (Å²) in [5, 5.41) is 0. The van der Waals surface area contributed by atoms with Crippen LogP contribution < -0.4 is 10.5 Å². The van der Waals surface area contributed by atoms with Crippen LogP contribution in [0.3, 0.4) is 0 Å². The second-order valence-corrected chi connectivity index (χ2v) is 8.35. The number of alkyl halides is 2. The molecule has 2 aliphatic heterocycles. The van der Waals surface area contributed by atoms with Crippen LogP contribution in [0.5, 0.6) is 0 Å². The number of halogens is 3. The van der Waals surface area contributed by atoms with Gasteiger partial charge in [-0.05, 0) is 13.0 Å². The molecule has 3 rings (SSSR count). The summed E-state index contributed by atoms with van der Waals surface area (Å²) in [6.07, 6.45) is 0. The maximum atomic E-state index is 14.1. The van der Waals surface area contributed by atoms with Crippen molar-refractivity contribution in [2.45, 2.75) is 18.4 Å². The van der Waals surface area contributed by atoms with E-state index < -0.39 is 40.7 Å². The molecule has 1 aromatic rings. The Kier molecular flexibility index (Phi) is 3.26. The molecule has 3 N–H and O–H groups in total. The molecule has 0 amide bonds. The number of nitrogens with two attached hydrogens (primary N) is 1. The predicted molar refractivity (Wildman–Crippen MR) is 79.4 cm³/mol. The Morgan fingerprint density at radius 2 is 2.09 bits per heavy atom. The van der Waals surface area contributed by atoms with E-state index in [0.29, 0.717) is 0 Å². The first-order valence-corrected chi connectivity index (χ1v) is 8.60. The molecule has 22 heavy (non-hydrogen) atoms. The molecular weight excluding hydrogens is 317 g/mol. The largest absolute Gasteiger partial charge is 0.369 e.